The van der Waals surface area contributed by atoms with Crippen LogP contribution in [0.25, 0.3) is 0 Å². The highest BCUT2D eigenvalue weighted by Crippen LogP contribution is 2.39. The van der Waals surface area contributed by atoms with Crippen molar-refractivity contribution in [2.24, 2.45) is 10.1 Å². The van der Waals surface area contributed by atoms with E-state index in [2.05, 4.69) is 13.8 Å². The molecule has 1 amide bonds. The lowest BCUT2D eigenvalue weighted by atomic mass is 10.0. The molecule has 0 saturated heterocycles. The van der Waals surface area contributed by atoms with E-state index >= 15 is 0 Å². The number of ether oxygens (including phenoxy) is 3. The first-order valence-corrected chi connectivity index (χ1v) is 14.5. The highest BCUT2D eigenvalue weighted by Gasteiger charge is 2.37. The first kappa shape index (κ1) is 27.1. The molecule has 0 fully saturated rings. The molecule has 0 bridgehead atoms. The molecule has 2 aliphatic rings. The molecule has 3 aromatic rings. The van der Waals surface area contributed by atoms with Gasteiger partial charge < -0.3 is 19.1 Å². The Morgan fingerprint density at radius 1 is 1.03 bits per heavy atom. The summed E-state index contributed by atoms with van der Waals surface area (Å²) in [6.07, 6.45) is 0.596. The Morgan fingerprint density at radius 2 is 1.79 bits per heavy atom. The summed E-state index contributed by atoms with van der Waals surface area (Å²) in [7, 11) is 4.86. The van der Waals surface area contributed by atoms with Gasteiger partial charge in [-0.05, 0) is 55.1 Å². The number of para-hydroxylation sites is 2. The second-order valence-electron chi connectivity index (χ2n) is 9.85. The van der Waals surface area contributed by atoms with E-state index < -0.39 is 0 Å². The number of carbonyl (C=O) groups excluding carboxylic acids is 1. The number of thiophene rings is 1. The number of thioether (sulfide) groups is 1. The fourth-order valence-electron chi connectivity index (χ4n) is 4.67. The largest absolute Gasteiger partial charge is 0.495 e. The van der Waals surface area contributed by atoms with Gasteiger partial charge in [0.1, 0.15) is 12.3 Å². The van der Waals surface area contributed by atoms with Crippen molar-refractivity contribution >= 4 is 45.6 Å². The number of amidine groups is 1. The third-order valence-electron chi connectivity index (χ3n) is 6.62. The molecule has 0 saturated carbocycles. The number of hydrazone groups is 1. The van der Waals surface area contributed by atoms with Crippen molar-refractivity contribution in [3.63, 3.8) is 0 Å². The molecule has 0 aliphatic carbocycles. The Balaban J connectivity index is 1.52. The van der Waals surface area contributed by atoms with Gasteiger partial charge in [-0.1, -0.05) is 36.0 Å². The minimum absolute atomic E-state index is 0.0628. The van der Waals surface area contributed by atoms with Gasteiger partial charge in [0.05, 0.1) is 49.2 Å². The lowest BCUT2D eigenvalue weighted by Crippen LogP contribution is -2.40. The van der Waals surface area contributed by atoms with E-state index in [1.54, 1.807) is 49.4 Å². The lowest BCUT2D eigenvalue weighted by Gasteiger charge is -2.29. The van der Waals surface area contributed by atoms with Gasteiger partial charge in [0.15, 0.2) is 16.7 Å². The van der Waals surface area contributed by atoms with Gasteiger partial charge in [0, 0.05) is 12.2 Å². The summed E-state index contributed by atoms with van der Waals surface area (Å²) in [4.78, 5) is 22.1. The highest BCUT2D eigenvalue weighted by atomic mass is 32.2. The molecule has 204 valence electrons. The third kappa shape index (κ3) is 5.62. The van der Waals surface area contributed by atoms with Crippen molar-refractivity contribution in [3.05, 3.63) is 70.4 Å². The van der Waals surface area contributed by atoms with E-state index in [0.717, 1.165) is 32.8 Å². The summed E-state index contributed by atoms with van der Waals surface area (Å²) in [5.41, 5.74) is 2.38. The van der Waals surface area contributed by atoms with E-state index in [1.165, 1.54) is 0 Å². The van der Waals surface area contributed by atoms with Crippen molar-refractivity contribution in [1.82, 2.24) is 5.01 Å². The molecule has 5 rings (SSSR count). The van der Waals surface area contributed by atoms with Crippen LogP contribution in [0.4, 0.5) is 5.69 Å². The maximum absolute atomic E-state index is 14.1. The molecule has 0 N–H and O–H groups in total. The molecule has 0 spiro atoms. The molecular weight excluding hydrogens is 532 g/mol. The van der Waals surface area contributed by atoms with Crippen LogP contribution in [0, 0.1) is 0 Å². The maximum Gasteiger partial charge on any atom is 0.263 e. The maximum atomic E-state index is 14.1. The van der Waals surface area contributed by atoms with E-state index in [1.807, 2.05) is 64.9 Å². The predicted octanol–water partition coefficient (Wildman–Crippen LogP) is 5.84. The van der Waals surface area contributed by atoms with Crippen LogP contribution < -0.4 is 19.1 Å². The van der Waals surface area contributed by atoms with Gasteiger partial charge in [0.2, 0.25) is 0 Å². The second kappa shape index (κ2) is 11.3. The monoisotopic (exact) mass is 564 g/mol. The lowest BCUT2D eigenvalue weighted by molar-refractivity contribution is -0.131. The number of hydrogen-bond donors (Lipinski definition) is 0. The van der Waals surface area contributed by atoms with Gasteiger partial charge in [0.25, 0.3) is 5.91 Å². The average Bonchev–Trinajstić information content (AvgIpc) is 3.71. The Hall–Kier alpha value is -3.50. The smallest absolute Gasteiger partial charge is 0.263 e. The minimum Gasteiger partial charge on any atom is -0.495 e. The van der Waals surface area contributed by atoms with Crippen molar-refractivity contribution < 1.29 is 19.0 Å². The first-order chi connectivity index (χ1) is 18.8. The third-order valence-corrected chi connectivity index (χ3v) is 8.96. The summed E-state index contributed by atoms with van der Waals surface area (Å²) in [6, 6.07) is 17.2. The van der Waals surface area contributed by atoms with Crippen LogP contribution in [0.5, 0.6) is 17.2 Å². The Morgan fingerprint density at radius 3 is 2.46 bits per heavy atom. The average molecular weight is 565 g/mol. The topological polar surface area (TPSA) is 76.0 Å². The van der Waals surface area contributed by atoms with E-state index in [0.29, 0.717) is 23.7 Å². The summed E-state index contributed by atoms with van der Waals surface area (Å²) >= 11 is 3.26. The molecule has 10 heteroatoms. The van der Waals surface area contributed by atoms with Gasteiger partial charge in [-0.3, -0.25) is 9.79 Å². The first-order valence-electron chi connectivity index (χ1n) is 12.6. The Labute approximate surface area is 237 Å². The summed E-state index contributed by atoms with van der Waals surface area (Å²) in [5.74, 6) is 2.62. The number of nitrogens with zero attached hydrogens (tertiary/aromatic N) is 4. The van der Waals surface area contributed by atoms with Crippen molar-refractivity contribution in [3.8, 4) is 17.2 Å². The fourth-order valence-corrected chi connectivity index (χ4v) is 6.57. The zero-order chi connectivity index (χ0) is 27.6. The van der Waals surface area contributed by atoms with Crippen LogP contribution in [0.2, 0.25) is 0 Å². The minimum atomic E-state index is -0.288. The quantitative estimate of drug-likeness (QED) is 0.342. The zero-order valence-electron chi connectivity index (χ0n) is 22.7. The number of benzene rings is 2. The number of anilines is 1. The van der Waals surface area contributed by atoms with Crippen molar-refractivity contribution in [1.29, 1.82) is 0 Å². The van der Waals surface area contributed by atoms with Crippen LogP contribution >= 0.6 is 23.1 Å². The molecule has 1 atom stereocenters. The number of hydrogen-bond acceptors (Lipinski definition) is 9. The Kier molecular flexibility index (Phi) is 7.86. The molecule has 39 heavy (non-hydrogen) atoms. The van der Waals surface area contributed by atoms with Crippen LogP contribution in [0.15, 0.2) is 70.1 Å². The molecule has 8 nitrogen and oxygen atoms in total. The number of methoxy groups -OCH3 is 3. The summed E-state index contributed by atoms with van der Waals surface area (Å²) in [6.45, 7) is 4.26. The van der Waals surface area contributed by atoms with Crippen LogP contribution in [0.3, 0.4) is 0 Å². The summed E-state index contributed by atoms with van der Waals surface area (Å²) < 4.78 is 16.7. The molecular formula is C29H32N4O4S2. The summed E-state index contributed by atoms with van der Waals surface area (Å²) in [5, 5.41) is 9.30. The standard InChI is InChI=1S/C29H32N4O4S2/c1-29(2)18-39-28(30-29)32(21-9-6-7-10-23(21)35-3)17-27(34)33-22(16-20(31-33)26-11-8-14-38-26)19-12-13-24(36-4)25(15-19)37-5/h6-15,22H,16-18H2,1-5H3/t22-/m1/s1. The van der Waals surface area contributed by atoms with E-state index in [-0.39, 0.29) is 24.0 Å². The molecule has 0 radical (unpaired) electrons. The predicted molar refractivity (Wildman–Crippen MR) is 159 cm³/mol. The molecule has 2 aliphatic heterocycles. The molecule has 3 heterocycles. The number of rotatable bonds is 8. The number of carbonyl (C=O) groups is 1. The highest BCUT2D eigenvalue weighted by molar-refractivity contribution is 8.14. The van der Waals surface area contributed by atoms with Gasteiger partial charge >= 0.3 is 0 Å². The Bertz CT molecular complexity index is 1400. The number of amides is 1. The van der Waals surface area contributed by atoms with Gasteiger partial charge in [-0.2, -0.15) is 5.10 Å². The fraction of sp³-hybridized carbons (Fsp3) is 0.345. The second-order valence-corrected chi connectivity index (χ2v) is 11.7. The number of aliphatic imine (C=N–C) groups is 1. The molecule has 0 unspecified atom stereocenters. The van der Waals surface area contributed by atoms with Crippen LogP contribution in [-0.2, 0) is 4.79 Å². The van der Waals surface area contributed by atoms with Gasteiger partial charge in [-0.15, -0.1) is 11.3 Å². The normalized spacial score (nSPS) is 18.0. The SMILES string of the molecule is COc1ccc([C@H]2CC(c3cccs3)=NN2C(=O)CN(C2=NC(C)(C)CS2)c2ccccc2OC)cc1OC. The van der Waals surface area contributed by atoms with Crippen LogP contribution in [-0.4, -0.2) is 61.0 Å². The molecule has 2 aromatic carbocycles. The van der Waals surface area contributed by atoms with E-state index in [9.17, 15) is 4.79 Å². The van der Waals surface area contributed by atoms with Crippen molar-refractivity contribution in [2.75, 3.05) is 38.5 Å². The zero-order valence-corrected chi connectivity index (χ0v) is 24.3. The van der Waals surface area contributed by atoms with E-state index in [4.69, 9.17) is 24.3 Å². The molecule has 1 aromatic heterocycles. The van der Waals surface area contributed by atoms with Crippen molar-refractivity contribution in [2.45, 2.75) is 31.8 Å². The van der Waals surface area contributed by atoms with Crippen LogP contribution in [0.1, 0.15) is 36.8 Å². The van der Waals surface area contributed by atoms with Gasteiger partial charge in [-0.25, -0.2) is 5.01 Å².